The number of halogens is 3. The largest absolute Gasteiger partial charge is 0.294 e. The van der Waals surface area contributed by atoms with Gasteiger partial charge >= 0.3 is 0 Å². The molecule has 0 N–H and O–H groups in total. The molecule has 0 spiro atoms. The molecular formula is C18H18Cl3N3O4. The Morgan fingerprint density at radius 1 is 1.00 bits per heavy atom. The fourth-order valence-electron chi connectivity index (χ4n) is 1.73. The number of hydrogen-bond donors (Lipinski definition) is 0. The van der Waals surface area contributed by atoms with Gasteiger partial charge in [0.05, 0.1) is 5.88 Å². The molecule has 0 atom stereocenters. The number of pyridine rings is 2. The van der Waals surface area contributed by atoms with E-state index in [2.05, 4.69) is 9.97 Å². The van der Waals surface area contributed by atoms with Crippen molar-refractivity contribution in [3.8, 4) is 0 Å². The highest BCUT2D eigenvalue weighted by Crippen LogP contribution is 2.12. The Bertz CT molecular complexity index is 773. The quantitative estimate of drug-likeness (QED) is 0.310. The zero-order chi connectivity index (χ0) is 20.2. The van der Waals surface area contributed by atoms with Gasteiger partial charge in [0.2, 0.25) is 11.8 Å². The summed E-state index contributed by atoms with van der Waals surface area (Å²) in [4.78, 5) is 49.7. The van der Waals surface area contributed by atoms with Gasteiger partial charge in [-0.2, -0.15) is 4.42 Å². The molecule has 2 aromatic heterocycles. The van der Waals surface area contributed by atoms with Crippen LogP contribution in [-0.4, -0.2) is 43.6 Å². The lowest BCUT2D eigenvalue weighted by Crippen LogP contribution is -2.16. The second kappa shape index (κ2) is 13.8. The van der Waals surface area contributed by atoms with Crippen LogP contribution in [0.1, 0.15) is 40.5 Å². The summed E-state index contributed by atoms with van der Waals surface area (Å²) in [5.41, 5.74) is 1.23. The number of aromatic nitrogens is 2. The predicted octanol–water partition coefficient (Wildman–Crippen LogP) is 3.50. The molecule has 3 rings (SSSR count). The van der Waals surface area contributed by atoms with Gasteiger partial charge in [0.15, 0.2) is 11.6 Å². The van der Waals surface area contributed by atoms with Gasteiger partial charge in [-0.15, -0.1) is 24.0 Å². The van der Waals surface area contributed by atoms with Crippen molar-refractivity contribution in [1.29, 1.82) is 0 Å². The van der Waals surface area contributed by atoms with Gasteiger partial charge in [-0.1, -0.05) is 0 Å². The van der Waals surface area contributed by atoms with Gasteiger partial charge in [0.1, 0.15) is 0 Å². The lowest BCUT2D eigenvalue weighted by molar-refractivity contribution is -0.132. The van der Waals surface area contributed by atoms with Gasteiger partial charge in [0, 0.05) is 60.5 Å². The van der Waals surface area contributed by atoms with Crippen LogP contribution in [-0.2, 0) is 9.59 Å². The maximum Gasteiger partial charge on any atom is 0.244 e. The van der Waals surface area contributed by atoms with E-state index in [0.717, 1.165) is 0 Å². The maximum absolute atomic E-state index is 10.8. The zero-order valence-corrected chi connectivity index (χ0v) is 17.2. The predicted molar refractivity (Wildman–Crippen MR) is 108 cm³/mol. The Hall–Kier alpha value is -2.35. The summed E-state index contributed by atoms with van der Waals surface area (Å²) < 4.78 is 0.639. The topological polar surface area (TPSA) is 97.3 Å². The summed E-state index contributed by atoms with van der Waals surface area (Å²) in [6.07, 6.45) is 6.86. The average molecular weight is 447 g/mol. The van der Waals surface area contributed by atoms with Crippen LogP contribution in [0, 0.1) is 0 Å². The van der Waals surface area contributed by atoms with Crippen LogP contribution in [0.25, 0.3) is 0 Å². The molecule has 0 unspecified atom stereocenters. The molecule has 28 heavy (non-hydrogen) atoms. The number of ketones is 2. The standard InChI is InChI=1S/C7H6ClNO.C7H7NO.C4H4ClNO2.ClH/c8-4-7(10)6-2-1-3-9-5-6;1-6(9)7-3-2-4-8-5-7;5-6-3(7)1-2-4(6)8;/h1-3,5H,4H2;2-5H,1H3;1-2H2;1H. The number of hydrogen-bond acceptors (Lipinski definition) is 6. The van der Waals surface area contributed by atoms with Gasteiger partial charge in [-0.05, 0) is 31.2 Å². The average Bonchev–Trinajstić information content (AvgIpc) is 3.00. The van der Waals surface area contributed by atoms with Crippen LogP contribution < -0.4 is 0 Å². The Labute approximate surface area is 178 Å². The van der Waals surface area contributed by atoms with Crippen LogP contribution >= 0.6 is 35.8 Å². The highest BCUT2D eigenvalue weighted by molar-refractivity contribution is 6.32. The smallest absolute Gasteiger partial charge is 0.244 e. The molecule has 7 nitrogen and oxygen atoms in total. The van der Waals surface area contributed by atoms with Crippen LogP contribution in [0.4, 0.5) is 0 Å². The van der Waals surface area contributed by atoms with Gasteiger partial charge in [-0.25, -0.2) is 0 Å². The fraction of sp³-hybridized carbons (Fsp3) is 0.222. The molecule has 1 saturated heterocycles. The first-order valence-electron chi connectivity index (χ1n) is 7.78. The SMILES string of the molecule is CC(=O)c1cccnc1.Cl.O=C(CCl)c1cccnc1.O=C1CCC(=O)N1Cl. The monoisotopic (exact) mass is 445 g/mol. The molecule has 1 aliphatic rings. The number of imide groups is 1. The minimum absolute atomic E-state index is 0. The van der Waals surface area contributed by atoms with Crippen LogP contribution in [0.5, 0.6) is 0 Å². The molecule has 2 amide bonds. The third-order valence-corrected chi connectivity index (χ3v) is 3.78. The summed E-state index contributed by atoms with van der Waals surface area (Å²) in [6, 6.07) is 6.89. The Kier molecular flexibility index (Phi) is 12.6. The van der Waals surface area contributed by atoms with Gasteiger partial charge in [-0.3, -0.25) is 29.1 Å². The maximum atomic E-state index is 10.8. The van der Waals surface area contributed by atoms with Crippen molar-refractivity contribution >= 4 is 59.2 Å². The summed E-state index contributed by atoms with van der Waals surface area (Å²) in [5.74, 6) is -0.600. The number of carbonyl (C=O) groups is 4. The van der Waals surface area contributed by atoms with Crippen molar-refractivity contribution in [2.75, 3.05) is 5.88 Å². The van der Waals surface area contributed by atoms with E-state index >= 15 is 0 Å². The van der Waals surface area contributed by atoms with E-state index in [1.54, 1.807) is 42.9 Å². The highest BCUT2D eigenvalue weighted by atomic mass is 35.5. The van der Waals surface area contributed by atoms with Crippen molar-refractivity contribution in [1.82, 2.24) is 14.4 Å². The Balaban J connectivity index is 0.000000386. The third kappa shape index (κ3) is 9.03. The highest BCUT2D eigenvalue weighted by Gasteiger charge is 2.26. The molecular weight excluding hydrogens is 429 g/mol. The molecule has 3 heterocycles. The number of nitrogens with zero attached hydrogens (tertiary/aromatic N) is 3. The molecule has 0 aromatic carbocycles. The molecule has 150 valence electrons. The number of carbonyl (C=O) groups excluding carboxylic acids is 4. The lowest BCUT2D eigenvalue weighted by atomic mass is 10.2. The second-order valence-corrected chi connectivity index (χ2v) is 5.77. The Morgan fingerprint density at radius 2 is 1.46 bits per heavy atom. The zero-order valence-electron chi connectivity index (χ0n) is 14.9. The summed E-state index contributed by atoms with van der Waals surface area (Å²) in [7, 11) is 0. The van der Waals surface area contributed by atoms with Crippen LogP contribution in [0.2, 0.25) is 0 Å². The normalized spacial score (nSPS) is 12.0. The molecule has 0 radical (unpaired) electrons. The van der Waals surface area contributed by atoms with Crippen molar-refractivity contribution in [2.45, 2.75) is 19.8 Å². The number of alkyl halides is 1. The van der Waals surface area contributed by atoms with E-state index in [4.69, 9.17) is 23.4 Å². The molecule has 1 fully saturated rings. The van der Waals surface area contributed by atoms with E-state index in [1.165, 1.54) is 13.1 Å². The minimum Gasteiger partial charge on any atom is -0.294 e. The fourth-order valence-corrected chi connectivity index (χ4v) is 2.05. The van der Waals surface area contributed by atoms with E-state index in [0.29, 0.717) is 15.5 Å². The summed E-state index contributed by atoms with van der Waals surface area (Å²) in [6.45, 7) is 1.52. The second-order valence-electron chi connectivity index (χ2n) is 5.16. The molecule has 0 aliphatic carbocycles. The Morgan fingerprint density at radius 3 is 1.71 bits per heavy atom. The lowest BCUT2D eigenvalue weighted by Gasteiger charge is -1.96. The number of Topliss-reactive ketones (excluding diaryl/α,β-unsaturated/α-hetero) is 2. The van der Waals surface area contributed by atoms with Crippen molar-refractivity contribution < 1.29 is 19.2 Å². The van der Waals surface area contributed by atoms with E-state index < -0.39 is 0 Å². The molecule has 2 aromatic rings. The molecule has 1 aliphatic heterocycles. The first kappa shape index (κ1) is 25.6. The number of rotatable bonds is 3. The van der Waals surface area contributed by atoms with Crippen molar-refractivity contribution in [3.05, 3.63) is 60.2 Å². The van der Waals surface area contributed by atoms with Crippen LogP contribution in [0.15, 0.2) is 49.1 Å². The third-order valence-electron chi connectivity index (χ3n) is 3.16. The molecule has 0 saturated carbocycles. The molecule has 10 heteroatoms. The summed E-state index contributed by atoms with van der Waals surface area (Å²) in [5, 5.41) is 0. The first-order valence-corrected chi connectivity index (χ1v) is 8.65. The van der Waals surface area contributed by atoms with Crippen LogP contribution in [0.3, 0.4) is 0 Å². The van der Waals surface area contributed by atoms with Crippen molar-refractivity contribution in [2.24, 2.45) is 0 Å². The van der Waals surface area contributed by atoms with E-state index in [9.17, 15) is 19.2 Å². The van der Waals surface area contributed by atoms with E-state index in [1.807, 2.05) is 0 Å². The van der Waals surface area contributed by atoms with Crippen molar-refractivity contribution in [3.63, 3.8) is 0 Å². The number of amides is 2. The van der Waals surface area contributed by atoms with Gasteiger partial charge < -0.3 is 0 Å². The first-order chi connectivity index (χ1) is 12.9. The van der Waals surface area contributed by atoms with Gasteiger partial charge in [0.25, 0.3) is 0 Å². The minimum atomic E-state index is -0.295. The molecule has 0 bridgehead atoms. The summed E-state index contributed by atoms with van der Waals surface area (Å²) >= 11 is 10.5. The van der Waals surface area contributed by atoms with E-state index in [-0.39, 0.29) is 54.5 Å².